The van der Waals surface area contributed by atoms with Gasteiger partial charge in [-0.05, 0) is 18.6 Å². The molecule has 0 bridgehead atoms. The predicted molar refractivity (Wildman–Crippen MR) is 45.9 cm³/mol. The lowest BCUT2D eigenvalue weighted by Crippen LogP contribution is -2.20. The maximum atomic E-state index is 11.2. The second kappa shape index (κ2) is 2.95. The first kappa shape index (κ1) is 8.11. The van der Waals surface area contributed by atoms with Gasteiger partial charge in [0, 0.05) is 18.8 Å². The summed E-state index contributed by atoms with van der Waals surface area (Å²) in [6.45, 7) is 1.94. The second-order valence-corrected chi connectivity index (χ2v) is 2.66. The zero-order valence-corrected chi connectivity index (χ0v) is 6.79. The SMILES string of the molecule is [B]Cc1cc(C)cn(C)c1=O. The monoisotopic (exact) mass is 147 g/mol. The third-order valence-corrected chi connectivity index (χ3v) is 1.61. The molecule has 1 aromatic rings. The molecule has 56 valence electrons. The van der Waals surface area contributed by atoms with Crippen molar-refractivity contribution < 1.29 is 0 Å². The Morgan fingerprint density at radius 2 is 2.27 bits per heavy atom. The van der Waals surface area contributed by atoms with Crippen molar-refractivity contribution in [3.63, 3.8) is 0 Å². The highest BCUT2D eigenvalue weighted by Crippen LogP contribution is 1.96. The first-order chi connectivity index (χ1) is 5.15. The molecule has 2 nitrogen and oxygen atoms in total. The number of hydrogen-bond acceptors (Lipinski definition) is 1. The Morgan fingerprint density at radius 3 is 2.82 bits per heavy atom. The van der Waals surface area contributed by atoms with Gasteiger partial charge < -0.3 is 4.57 Å². The summed E-state index contributed by atoms with van der Waals surface area (Å²) in [5.74, 6) is 0. The van der Waals surface area contributed by atoms with Gasteiger partial charge in [0.2, 0.25) is 0 Å². The number of aromatic nitrogens is 1. The molecule has 0 saturated heterocycles. The molecule has 1 aromatic heterocycles. The lowest BCUT2D eigenvalue weighted by atomic mass is 9.97. The Balaban J connectivity index is 3.37. The standard InChI is InChI=1S/C8H10BNO/c1-6-3-7(4-9)8(11)10(2)5-6/h3,5H,4H2,1-2H3. The summed E-state index contributed by atoms with van der Waals surface area (Å²) in [7, 11) is 7.11. The quantitative estimate of drug-likeness (QED) is 0.525. The normalized spacial score (nSPS) is 10.0. The van der Waals surface area contributed by atoms with Crippen LogP contribution in [-0.2, 0) is 13.4 Å². The van der Waals surface area contributed by atoms with Crippen LogP contribution in [0.3, 0.4) is 0 Å². The Hall–Kier alpha value is -0.985. The van der Waals surface area contributed by atoms with Gasteiger partial charge in [0.15, 0.2) is 0 Å². The molecule has 0 atom stereocenters. The van der Waals surface area contributed by atoms with E-state index in [0.29, 0.717) is 11.9 Å². The lowest BCUT2D eigenvalue weighted by Gasteiger charge is -2.02. The van der Waals surface area contributed by atoms with Crippen LogP contribution < -0.4 is 5.56 Å². The molecule has 0 spiro atoms. The van der Waals surface area contributed by atoms with Crippen LogP contribution in [0.1, 0.15) is 11.1 Å². The van der Waals surface area contributed by atoms with Crippen LogP contribution in [0.4, 0.5) is 0 Å². The molecular formula is C8H10BNO. The molecule has 11 heavy (non-hydrogen) atoms. The maximum absolute atomic E-state index is 11.2. The molecule has 0 unspecified atom stereocenters. The fourth-order valence-corrected chi connectivity index (χ4v) is 1.11. The lowest BCUT2D eigenvalue weighted by molar-refractivity contribution is 0.837. The van der Waals surface area contributed by atoms with E-state index in [4.69, 9.17) is 7.85 Å². The molecule has 0 aliphatic carbocycles. The van der Waals surface area contributed by atoms with Crippen molar-refractivity contribution in [2.24, 2.45) is 7.05 Å². The van der Waals surface area contributed by atoms with Crippen molar-refractivity contribution in [2.45, 2.75) is 13.2 Å². The molecule has 1 rings (SSSR count). The molecule has 0 aromatic carbocycles. The zero-order chi connectivity index (χ0) is 8.43. The van der Waals surface area contributed by atoms with E-state index in [1.165, 1.54) is 0 Å². The van der Waals surface area contributed by atoms with Gasteiger partial charge in [-0.1, -0.05) is 6.32 Å². The van der Waals surface area contributed by atoms with E-state index >= 15 is 0 Å². The van der Waals surface area contributed by atoms with Crippen LogP contribution in [0.2, 0.25) is 0 Å². The first-order valence-corrected chi connectivity index (χ1v) is 3.51. The summed E-state index contributed by atoms with van der Waals surface area (Å²) >= 11 is 0. The Kier molecular flexibility index (Phi) is 2.18. The van der Waals surface area contributed by atoms with Gasteiger partial charge in [0.25, 0.3) is 5.56 Å². The number of pyridine rings is 1. The molecule has 0 amide bonds. The van der Waals surface area contributed by atoms with Gasteiger partial charge in [0.05, 0.1) is 7.85 Å². The fourth-order valence-electron chi connectivity index (χ4n) is 1.11. The van der Waals surface area contributed by atoms with Crippen molar-refractivity contribution in [3.8, 4) is 0 Å². The van der Waals surface area contributed by atoms with Crippen LogP contribution in [0.25, 0.3) is 0 Å². The Morgan fingerprint density at radius 1 is 1.64 bits per heavy atom. The van der Waals surface area contributed by atoms with Crippen LogP contribution in [0, 0.1) is 6.92 Å². The third-order valence-electron chi connectivity index (χ3n) is 1.61. The average molecular weight is 147 g/mol. The summed E-state index contributed by atoms with van der Waals surface area (Å²) < 4.78 is 1.55. The van der Waals surface area contributed by atoms with E-state index in [-0.39, 0.29) is 5.56 Å². The third kappa shape index (κ3) is 1.53. The van der Waals surface area contributed by atoms with Crippen molar-refractivity contribution in [1.82, 2.24) is 4.57 Å². The Labute approximate surface area is 67.3 Å². The maximum Gasteiger partial charge on any atom is 0.252 e. The van der Waals surface area contributed by atoms with E-state index in [1.807, 2.05) is 13.0 Å². The predicted octanol–water partition coefficient (Wildman–Crippen LogP) is 0.362. The van der Waals surface area contributed by atoms with Gasteiger partial charge in [-0.2, -0.15) is 0 Å². The summed E-state index contributed by atoms with van der Waals surface area (Å²) in [4.78, 5) is 11.2. The summed E-state index contributed by atoms with van der Waals surface area (Å²) in [6.07, 6.45) is 2.11. The first-order valence-electron chi connectivity index (χ1n) is 3.51. The molecule has 0 aliphatic heterocycles. The van der Waals surface area contributed by atoms with Crippen molar-refractivity contribution in [1.29, 1.82) is 0 Å². The molecule has 0 saturated carbocycles. The molecule has 0 aliphatic rings. The summed E-state index contributed by atoms with van der Waals surface area (Å²) in [5.41, 5.74) is 1.73. The molecular weight excluding hydrogens is 137 g/mol. The molecule has 2 radical (unpaired) electrons. The average Bonchev–Trinajstić information content (AvgIpc) is 1.96. The fraction of sp³-hybridized carbons (Fsp3) is 0.375. The van der Waals surface area contributed by atoms with Crippen molar-refractivity contribution in [3.05, 3.63) is 33.7 Å². The van der Waals surface area contributed by atoms with E-state index in [1.54, 1.807) is 17.8 Å². The van der Waals surface area contributed by atoms with Crippen molar-refractivity contribution in [2.75, 3.05) is 0 Å². The molecule has 0 fully saturated rings. The van der Waals surface area contributed by atoms with Crippen LogP contribution in [-0.4, -0.2) is 12.4 Å². The highest BCUT2D eigenvalue weighted by molar-refractivity contribution is 6.08. The van der Waals surface area contributed by atoms with Crippen LogP contribution in [0.15, 0.2) is 17.1 Å². The van der Waals surface area contributed by atoms with Gasteiger partial charge in [-0.25, -0.2) is 0 Å². The molecule has 1 heterocycles. The minimum Gasteiger partial charge on any atom is -0.318 e. The van der Waals surface area contributed by atoms with E-state index in [0.717, 1.165) is 5.56 Å². The smallest absolute Gasteiger partial charge is 0.252 e. The van der Waals surface area contributed by atoms with E-state index in [2.05, 4.69) is 0 Å². The highest BCUT2D eigenvalue weighted by atomic mass is 16.1. The molecule has 0 N–H and O–H groups in total. The van der Waals surface area contributed by atoms with Gasteiger partial charge in [-0.15, -0.1) is 0 Å². The summed E-state index contributed by atoms with van der Waals surface area (Å²) in [6, 6.07) is 1.82. The number of aryl methyl sites for hydroxylation is 2. The van der Waals surface area contributed by atoms with E-state index < -0.39 is 0 Å². The van der Waals surface area contributed by atoms with Gasteiger partial charge in [0.1, 0.15) is 0 Å². The minimum absolute atomic E-state index is 0.00176. The topological polar surface area (TPSA) is 22.0 Å². The van der Waals surface area contributed by atoms with Crippen LogP contribution in [0.5, 0.6) is 0 Å². The minimum atomic E-state index is -0.00176. The van der Waals surface area contributed by atoms with Crippen LogP contribution >= 0.6 is 0 Å². The molecule has 3 heteroatoms. The number of nitrogens with zero attached hydrogens (tertiary/aromatic N) is 1. The second-order valence-electron chi connectivity index (χ2n) is 2.66. The van der Waals surface area contributed by atoms with E-state index in [9.17, 15) is 4.79 Å². The van der Waals surface area contributed by atoms with Crippen molar-refractivity contribution >= 4 is 7.85 Å². The van der Waals surface area contributed by atoms with Gasteiger partial charge >= 0.3 is 0 Å². The number of hydrogen-bond donors (Lipinski definition) is 0. The summed E-state index contributed by atoms with van der Waals surface area (Å²) in [5, 5.41) is 0. The zero-order valence-electron chi connectivity index (χ0n) is 6.79. The Bertz CT molecular complexity index is 316. The number of rotatable bonds is 1. The van der Waals surface area contributed by atoms with Gasteiger partial charge in [-0.3, -0.25) is 4.79 Å². The highest BCUT2D eigenvalue weighted by Gasteiger charge is 1.98. The largest absolute Gasteiger partial charge is 0.318 e.